The third-order valence-corrected chi connectivity index (χ3v) is 5.64. The molecule has 0 aliphatic rings. The van der Waals surface area contributed by atoms with Crippen molar-refractivity contribution in [3.05, 3.63) is 81.8 Å². The van der Waals surface area contributed by atoms with Crippen molar-refractivity contribution in [1.29, 1.82) is 0 Å². The summed E-state index contributed by atoms with van der Waals surface area (Å²) in [5, 5.41) is 0. The lowest BCUT2D eigenvalue weighted by Gasteiger charge is -2.14. The van der Waals surface area contributed by atoms with E-state index in [1.165, 1.54) is 36.4 Å². The van der Waals surface area contributed by atoms with Gasteiger partial charge in [-0.15, -0.1) is 0 Å². The Balaban J connectivity index is 1.85. The Labute approximate surface area is 180 Å². The van der Waals surface area contributed by atoms with E-state index in [9.17, 15) is 31.2 Å². The monoisotopic (exact) mass is 466 g/mol. The normalized spacial score (nSPS) is 11.9. The van der Waals surface area contributed by atoms with Crippen LogP contribution in [0.2, 0.25) is 0 Å². The summed E-state index contributed by atoms with van der Waals surface area (Å²) < 4.78 is 68.7. The molecule has 0 spiro atoms. The number of alkyl halides is 3. The summed E-state index contributed by atoms with van der Waals surface area (Å²) in [6, 6.07) is 12.4. The zero-order valence-corrected chi connectivity index (χ0v) is 17.4. The van der Waals surface area contributed by atoms with Gasteiger partial charge in [0.25, 0.3) is 11.5 Å². The zero-order chi connectivity index (χ0) is 23.7. The van der Waals surface area contributed by atoms with Gasteiger partial charge in [0, 0.05) is 11.8 Å². The Bertz CT molecular complexity index is 1310. The standard InChI is InChI=1S/C21H17F3N2O5S/c1-32(29,30)15-8-2-12(3-9-15)11-31-14-6-4-13(5-7-14)16-10-17(19(25)27)20(28)26-18(16)21(22,23)24/h2-10H,11H2,1H3,(H2,25,27)(H,26,28). The van der Waals surface area contributed by atoms with Gasteiger partial charge in [-0.2, -0.15) is 13.2 Å². The minimum atomic E-state index is -4.86. The van der Waals surface area contributed by atoms with Crippen LogP contribution in [-0.2, 0) is 22.6 Å². The highest BCUT2D eigenvalue weighted by Gasteiger charge is 2.36. The van der Waals surface area contributed by atoms with E-state index in [1.807, 2.05) is 0 Å². The molecule has 32 heavy (non-hydrogen) atoms. The topological polar surface area (TPSA) is 119 Å². The maximum absolute atomic E-state index is 13.4. The van der Waals surface area contributed by atoms with E-state index in [0.29, 0.717) is 11.3 Å². The minimum absolute atomic E-state index is 0.0842. The van der Waals surface area contributed by atoms with Crippen molar-refractivity contribution >= 4 is 15.7 Å². The molecule has 0 unspecified atom stereocenters. The van der Waals surface area contributed by atoms with Gasteiger partial charge >= 0.3 is 6.18 Å². The van der Waals surface area contributed by atoms with Crippen molar-refractivity contribution in [1.82, 2.24) is 4.98 Å². The maximum Gasteiger partial charge on any atom is 0.431 e. The predicted octanol–water partition coefficient (Wildman–Crippen LogP) is 3.14. The fourth-order valence-corrected chi connectivity index (χ4v) is 3.53. The van der Waals surface area contributed by atoms with Gasteiger partial charge < -0.3 is 15.5 Å². The van der Waals surface area contributed by atoms with Gasteiger partial charge in [0.2, 0.25) is 0 Å². The second-order valence-electron chi connectivity index (χ2n) is 6.89. The van der Waals surface area contributed by atoms with Crippen molar-refractivity contribution in [2.24, 2.45) is 5.73 Å². The van der Waals surface area contributed by atoms with E-state index in [2.05, 4.69) is 0 Å². The van der Waals surface area contributed by atoms with Crippen LogP contribution in [0.3, 0.4) is 0 Å². The number of carbonyl (C=O) groups is 1. The number of benzene rings is 2. The first-order chi connectivity index (χ1) is 14.9. The molecule has 1 amide bonds. The number of sulfone groups is 1. The smallest absolute Gasteiger partial charge is 0.431 e. The molecule has 1 heterocycles. The minimum Gasteiger partial charge on any atom is -0.489 e. The van der Waals surface area contributed by atoms with Crippen molar-refractivity contribution in [3.63, 3.8) is 0 Å². The number of carbonyl (C=O) groups excluding carboxylic acids is 1. The summed E-state index contributed by atoms with van der Waals surface area (Å²) in [6.07, 6.45) is -3.77. The van der Waals surface area contributed by atoms with Crippen LogP contribution < -0.4 is 16.0 Å². The van der Waals surface area contributed by atoms with Gasteiger partial charge in [0.15, 0.2) is 9.84 Å². The average molecular weight is 466 g/mol. The van der Waals surface area contributed by atoms with E-state index in [1.54, 1.807) is 17.1 Å². The van der Waals surface area contributed by atoms with Crippen LogP contribution in [0.15, 0.2) is 64.3 Å². The van der Waals surface area contributed by atoms with E-state index in [4.69, 9.17) is 10.5 Å². The first-order valence-electron chi connectivity index (χ1n) is 9.03. The second kappa shape index (κ2) is 8.50. The Kier molecular flexibility index (Phi) is 6.13. The average Bonchev–Trinajstić information content (AvgIpc) is 2.71. The first kappa shape index (κ1) is 23.1. The van der Waals surface area contributed by atoms with Gasteiger partial charge in [0.05, 0.1) is 4.90 Å². The maximum atomic E-state index is 13.4. The van der Waals surface area contributed by atoms with Crippen LogP contribution in [0.5, 0.6) is 5.75 Å². The molecule has 0 bridgehead atoms. The number of nitrogens with one attached hydrogen (secondary N) is 1. The van der Waals surface area contributed by atoms with Gasteiger partial charge in [-0.25, -0.2) is 8.42 Å². The SMILES string of the molecule is CS(=O)(=O)c1ccc(COc2ccc(-c3cc(C(N)=O)c(=O)[nH]c3C(F)(F)F)cc2)cc1. The van der Waals surface area contributed by atoms with Gasteiger partial charge in [-0.3, -0.25) is 9.59 Å². The van der Waals surface area contributed by atoms with Gasteiger partial charge in [-0.05, 0) is 41.5 Å². The molecule has 1 aromatic heterocycles. The van der Waals surface area contributed by atoms with Crippen LogP contribution in [0.4, 0.5) is 13.2 Å². The number of pyridine rings is 1. The number of halogens is 3. The van der Waals surface area contributed by atoms with Crippen LogP contribution in [0, 0.1) is 0 Å². The number of hydrogen-bond donors (Lipinski definition) is 2. The molecule has 2 aromatic carbocycles. The highest BCUT2D eigenvalue weighted by molar-refractivity contribution is 7.90. The number of amides is 1. The number of aromatic amines is 1. The number of primary amides is 1. The Hall–Kier alpha value is -3.60. The van der Waals surface area contributed by atoms with Crippen LogP contribution >= 0.6 is 0 Å². The van der Waals surface area contributed by atoms with Crippen LogP contribution in [-0.4, -0.2) is 25.6 Å². The summed E-state index contributed by atoms with van der Waals surface area (Å²) >= 11 is 0. The number of aromatic nitrogens is 1. The fourth-order valence-electron chi connectivity index (χ4n) is 2.89. The third kappa shape index (κ3) is 5.17. The van der Waals surface area contributed by atoms with Crippen molar-refractivity contribution in [2.45, 2.75) is 17.7 Å². The number of rotatable bonds is 6. The molecule has 3 N–H and O–H groups in total. The molecule has 7 nitrogen and oxygen atoms in total. The highest BCUT2D eigenvalue weighted by Crippen LogP contribution is 2.35. The number of hydrogen-bond acceptors (Lipinski definition) is 5. The molecular weight excluding hydrogens is 449 g/mol. The fraction of sp³-hybridized carbons (Fsp3) is 0.143. The zero-order valence-electron chi connectivity index (χ0n) is 16.6. The quantitative estimate of drug-likeness (QED) is 0.579. The van der Waals surface area contributed by atoms with Crippen LogP contribution in [0.25, 0.3) is 11.1 Å². The lowest BCUT2D eigenvalue weighted by atomic mass is 10.0. The summed E-state index contributed by atoms with van der Waals surface area (Å²) in [7, 11) is -3.32. The summed E-state index contributed by atoms with van der Waals surface area (Å²) in [5.41, 5.74) is 2.33. The molecule has 0 aliphatic heterocycles. The summed E-state index contributed by atoms with van der Waals surface area (Å²) in [4.78, 5) is 25.0. The van der Waals surface area contributed by atoms with E-state index < -0.39 is 44.3 Å². The molecule has 0 radical (unpaired) electrons. The highest BCUT2D eigenvalue weighted by atomic mass is 32.2. The number of nitrogens with two attached hydrogens (primary N) is 1. The molecule has 0 saturated heterocycles. The Morgan fingerprint density at radius 3 is 2.16 bits per heavy atom. The van der Waals surface area contributed by atoms with E-state index >= 15 is 0 Å². The lowest BCUT2D eigenvalue weighted by molar-refractivity contribution is -0.140. The largest absolute Gasteiger partial charge is 0.489 e. The molecule has 0 fully saturated rings. The van der Waals surface area contributed by atoms with Crippen molar-refractivity contribution in [3.8, 4) is 16.9 Å². The summed E-state index contributed by atoms with van der Waals surface area (Å²) in [6.45, 7) is 0.0989. The Morgan fingerprint density at radius 2 is 1.66 bits per heavy atom. The van der Waals surface area contributed by atoms with Crippen molar-refractivity contribution < 1.29 is 31.1 Å². The molecule has 0 aliphatic carbocycles. The van der Waals surface area contributed by atoms with Crippen LogP contribution in [0.1, 0.15) is 21.6 Å². The molecule has 3 rings (SSSR count). The molecule has 11 heteroatoms. The molecule has 0 saturated carbocycles. The van der Waals surface area contributed by atoms with E-state index in [0.717, 1.165) is 12.3 Å². The number of H-pyrrole nitrogens is 1. The first-order valence-corrected chi connectivity index (χ1v) is 10.9. The molecular formula is C21H17F3N2O5S. The van der Waals surface area contributed by atoms with Gasteiger partial charge in [0.1, 0.15) is 23.6 Å². The third-order valence-electron chi connectivity index (χ3n) is 4.51. The lowest BCUT2D eigenvalue weighted by Crippen LogP contribution is -2.27. The van der Waals surface area contributed by atoms with Crippen molar-refractivity contribution in [2.75, 3.05) is 6.26 Å². The molecule has 3 aromatic rings. The second-order valence-corrected chi connectivity index (χ2v) is 8.91. The Morgan fingerprint density at radius 1 is 1.06 bits per heavy atom. The van der Waals surface area contributed by atoms with Gasteiger partial charge in [-0.1, -0.05) is 24.3 Å². The molecule has 0 atom stereocenters. The van der Waals surface area contributed by atoms with E-state index in [-0.39, 0.29) is 17.1 Å². The number of ether oxygens (including phenoxy) is 1. The predicted molar refractivity (Wildman–Crippen MR) is 110 cm³/mol. The summed E-state index contributed by atoms with van der Waals surface area (Å²) in [5.74, 6) is -0.808. The molecule has 168 valence electrons.